The van der Waals surface area contributed by atoms with Gasteiger partial charge >= 0.3 is 16.4 Å². The fourth-order valence-electron chi connectivity index (χ4n) is 3.33. The molecule has 28 heavy (non-hydrogen) atoms. The minimum atomic E-state index is -4.96. The first-order chi connectivity index (χ1) is 13.1. The highest BCUT2D eigenvalue weighted by molar-refractivity contribution is 7.80. The Morgan fingerprint density at radius 3 is 2.68 bits per heavy atom. The van der Waals surface area contributed by atoms with Crippen LogP contribution in [-0.4, -0.2) is 70.9 Å². The van der Waals surface area contributed by atoms with E-state index in [1.807, 2.05) is 0 Å². The zero-order valence-corrected chi connectivity index (χ0v) is 15.3. The Labute approximate surface area is 159 Å². The van der Waals surface area contributed by atoms with Crippen LogP contribution in [0.5, 0.6) is 5.75 Å². The van der Waals surface area contributed by atoms with Crippen LogP contribution in [0.2, 0.25) is 0 Å². The summed E-state index contributed by atoms with van der Waals surface area (Å²) in [4.78, 5) is 25.3. The molecule has 3 amide bonds. The van der Waals surface area contributed by atoms with E-state index in [1.165, 1.54) is 11.0 Å². The summed E-state index contributed by atoms with van der Waals surface area (Å²) < 4.78 is 41.1. The fourth-order valence-corrected chi connectivity index (χ4v) is 3.70. The number of hydroxylamine groups is 2. The average molecular weight is 417 g/mol. The lowest BCUT2D eigenvalue weighted by molar-refractivity contribution is -0.119. The van der Waals surface area contributed by atoms with E-state index in [4.69, 9.17) is 20.1 Å². The number of ether oxygens (including phenoxy) is 1. The molecule has 0 spiro atoms. The van der Waals surface area contributed by atoms with Crippen LogP contribution in [0.15, 0.2) is 18.2 Å². The summed E-state index contributed by atoms with van der Waals surface area (Å²) in [6.07, 6.45) is -1.30. The summed E-state index contributed by atoms with van der Waals surface area (Å²) in [7, 11) is -4.96. The monoisotopic (exact) mass is 417 g/mol. The Balaban J connectivity index is 1.99. The number of urea groups is 1. The van der Waals surface area contributed by atoms with Crippen molar-refractivity contribution in [3.63, 3.8) is 0 Å². The van der Waals surface area contributed by atoms with Crippen molar-refractivity contribution < 1.29 is 41.8 Å². The Morgan fingerprint density at radius 1 is 1.36 bits per heavy atom. The van der Waals surface area contributed by atoms with Gasteiger partial charge in [0, 0.05) is 0 Å². The highest BCUT2D eigenvalue weighted by Crippen LogP contribution is 2.46. The molecular formula is C15H19N3O9S. The second-order valence-corrected chi connectivity index (χ2v) is 7.41. The van der Waals surface area contributed by atoms with Gasteiger partial charge in [0.2, 0.25) is 5.91 Å². The molecule has 154 valence electrons. The third kappa shape index (κ3) is 4.02. The van der Waals surface area contributed by atoms with Gasteiger partial charge in [-0.1, -0.05) is 6.07 Å². The highest BCUT2D eigenvalue weighted by Gasteiger charge is 2.50. The molecule has 12 nitrogen and oxygen atoms in total. The van der Waals surface area contributed by atoms with Crippen molar-refractivity contribution in [3.8, 4) is 5.75 Å². The second-order valence-electron chi connectivity index (χ2n) is 6.40. The fraction of sp³-hybridized carbons (Fsp3) is 0.467. The van der Waals surface area contributed by atoms with Crippen molar-refractivity contribution in [1.82, 2.24) is 9.96 Å². The second kappa shape index (κ2) is 7.52. The molecule has 5 N–H and O–H groups in total. The van der Waals surface area contributed by atoms with E-state index in [0.29, 0.717) is 16.2 Å². The number of amides is 3. The molecule has 2 bridgehead atoms. The number of aliphatic hydroxyl groups is 2. The lowest BCUT2D eigenvalue weighted by Crippen LogP contribution is -2.36. The van der Waals surface area contributed by atoms with Crippen molar-refractivity contribution >= 4 is 22.3 Å². The van der Waals surface area contributed by atoms with Gasteiger partial charge in [-0.2, -0.15) is 13.5 Å². The number of benzene rings is 1. The molecule has 13 heteroatoms. The Morgan fingerprint density at radius 2 is 2.07 bits per heavy atom. The third-order valence-electron chi connectivity index (χ3n) is 4.46. The molecule has 2 aliphatic heterocycles. The summed E-state index contributed by atoms with van der Waals surface area (Å²) in [6.45, 7) is -0.684. The van der Waals surface area contributed by atoms with Crippen LogP contribution >= 0.6 is 0 Å². The maximum absolute atomic E-state index is 12.6. The molecule has 1 unspecified atom stereocenters. The quantitative estimate of drug-likeness (QED) is 0.380. The van der Waals surface area contributed by atoms with Crippen molar-refractivity contribution in [3.05, 3.63) is 29.3 Å². The van der Waals surface area contributed by atoms with Crippen LogP contribution < -0.4 is 10.5 Å². The normalized spacial score (nSPS) is 22.2. The van der Waals surface area contributed by atoms with E-state index in [9.17, 15) is 23.1 Å². The standard InChI is InChI=1S/C15H19N3O9S/c16-14(21)4-12-10-2-1-9(26-7-8(20)6-19)3-11(10)13-5-17(12)15(22)18(13)27-28(23,24)25/h1-3,8,12-13,19-20H,4-7H2,(H2,16,21)(H,23,24,25)/t8?,12-,13-/m0/s1. The van der Waals surface area contributed by atoms with Crippen molar-refractivity contribution in [2.45, 2.75) is 24.6 Å². The van der Waals surface area contributed by atoms with Gasteiger partial charge in [0.05, 0.1) is 25.6 Å². The number of nitrogens with two attached hydrogens (primary N) is 1. The van der Waals surface area contributed by atoms with Crippen LogP contribution in [0.3, 0.4) is 0 Å². The van der Waals surface area contributed by atoms with Gasteiger partial charge in [-0.05, 0) is 23.3 Å². The van der Waals surface area contributed by atoms with Gasteiger partial charge in [0.25, 0.3) is 0 Å². The van der Waals surface area contributed by atoms with Gasteiger partial charge in [-0.3, -0.25) is 9.35 Å². The van der Waals surface area contributed by atoms with Gasteiger partial charge in [-0.25, -0.2) is 4.79 Å². The summed E-state index contributed by atoms with van der Waals surface area (Å²) >= 11 is 0. The van der Waals surface area contributed by atoms with Crippen LogP contribution in [0.25, 0.3) is 0 Å². The third-order valence-corrected chi connectivity index (χ3v) is 4.81. The molecule has 3 rings (SSSR count). The molecule has 1 aromatic carbocycles. The minimum Gasteiger partial charge on any atom is -0.491 e. The van der Waals surface area contributed by atoms with Crippen molar-refractivity contribution in [1.29, 1.82) is 0 Å². The topological polar surface area (TPSA) is 180 Å². The molecule has 0 saturated carbocycles. The van der Waals surface area contributed by atoms with Gasteiger partial charge in [0.15, 0.2) is 0 Å². The molecular weight excluding hydrogens is 398 g/mol. The largest absolute Gasteiger partial charge is 0.491 e. The zero-order chi connectivity index (χ0) is 20.6. The number of rotatable bonds is 8. The maximum atomic E-state index is 12.6. The van der Waals surface area contributed by atoms with Gasteiger partial charge < -0.3 is 25.6 Å². The smallest absolute Gasteiger partial charge is 0.418 e. The number of hydrogen-bond donors (Lipinski definition) is 4. The van der Waals surface area contributed by atoms with Crippen molar-refractivity contribution in [2.24, 2.45) is 5.73 Å². The molecule has 0 aliphatic carbocycles. The number of carbonyl (C=O) groups excluding carboxylic acids is 2. The predicted molar refractivity (Wildman–Crippen MR) is 90.9 cm³/mol. The van der Waals surface area contributed by atoms with Crippen LogP contribution in [0.1, 0.15) is 29.6 Å². The Hall–Kier alpha value is -2.45. The van der Waals surface area contributed by atoms with E-state index in [0.717, 1.165) is 0 Å². The Kier molecular flexibility index (Phi) is 5.45. The first kappa shape index (κ1) is 20.3. The van der Waals surface area contributed by atoms with E-state index >= 15 is 0 Å². The molecule has 2 heterocycles. The van der Waals surface area contributed by atoms with Crippen LogP contribution in [-0.2, 0) is 19.5 Å². The molecule has 0 radical (unpaired) electrons. The summed E-state index contributed by atoms with van der Waals surface area (Å²) in [5.74, 6) is -0.383. The average Bonchev–Trinajstić information content (AvgIpc) is 2.89. The van der Waals surface area contributed by atoms with E-state index in [-0.39, 0.29) is 25.3 Å². The molecule has 1 saturated heterocycles. The van der Waals surface area contributed by atoms with E-state index < -0.39 is 47.1 Å². The first-order valence-electron chi connectivity index (χ1n) is 8.21. The lowest BCUT2D eigenvalue weighted by atomic mass is 9.89. The molecule has 2 aliphatic rings. The van der Waals surface area contributed by atoms with E-state index in [1.54, 1.807) is 12.1 Å². The zero-order valence-electron chi connectivity index (χ0n) is 14.5. The molecule has 0 aromatic heterocycles. The Bertz CT molecular complexity index is 891. The minimum absolute atomic E-state index is 0.00200. The number of fused-ring (bicyclic) bond motifs is 4. The number of carbonyl (C=O) groups is 2. The predicted octanol–water partition coefficient (Wildman–Crippen LogP) is -1.14. The van der Waals surface area contributed by atoms with Crippen LogP contribution in [0, 0.1) is 0 Å². The molecule has 1 fully saturated rings. The summed E-state index contributed by atoms with van der Waals surface area (Å²) in [5.41, 5.74) is 6.26. The highest BCUT2D eigenvalue weighted by atomic mass is 32.3. The number of nitrogens with zero attached hydrogens (tertiary/aromatic N) is 2. The van der Waals surface area contributed by atoms with Crippen molar-refractivity contribution in [2.75, 3.05) is 19.8 Å². The number of hydrogen-bond acceptors (Lipinski definition) is 8. The number of primary amides is 1. The lowest BCUT2D eigenvalue weighted by Gasteiger charge is -2.32. The van der Waals surface area contributed by atoms with Gasteiger partial charge in [-0.15, -0.1) is 4.28 Å². The summed E-state index contributed by atoms with van der Waals surface area (Å²) in [6, 6.07) is 2.16. The first-order valence-corrected chi connectivity index (χ1v) is 9.58. The number of aliphatic hydroxyl groups excluding tert-OH is 2. The summed E-state index contributed by atoms with van der Waals surface area (Å²) in [5, 5.41) is 18.8. The van der Waals surface area contributed by atoms with Gasteiger partial charge in [0.1, 0.15) is 24.5 Å². The maximum Gasteiger partial charge on any atom is 0.418 e. The van der Waals surface area contributed by atoms with Crippen LogP contribution in [0.4, 0.5) is 4.79 Å². The molecule has 1 aromatic rings. The SMILES string of the molecule is NC(=O)C[C@H]1c2ccc(OCC(O)CO)cc2[C@@H]2CN1C(=O)N2OS(=O)(=O)O. The van der Waals surface area contributed by atoms with E-state index in [2.05, 4.69) is 4.28 Å². The molecule has 3 atom stereocenters.